The van der Waals surface area contributed by atoms with Crippen LogP contribution in [0.4, 0.5) is 18.0 Å². The fraction of sp³-hybridized carbons (Fsp3) is 0.533. The molecule has 2 aliphatic rings. The highest BCUT2D eigenvalue weighted by Gasteiger charge is 2.43. The summed E-state index contributed by atoms with van der Waals surface area (Å²) in [4.78, 5) is 23.9. The van der Waals surface area contributed by atoms with Crippen LogP contribution in [0.3, 0.4) is 0 Å². The number of carbonyl (C=O) groups is 2. The normalized spacial score (nSPS) is 28.4. The van der Waals surface area contributed by atoms with Crippen LogP contribution < -0.4 is 10.4 Å². The molecule has 0 saturated carbocycles. The summed E-state index contributed by atoms with van der Waals surface area (Å²) in [6, 6.07) is 2.03. The summed E-state index contributed by atoms with van der Waals surface area (Å²) < 4.78 is 32.6. The van der Waals surface area contributed by atoms with Crippen LogP contribution in [0.5, 0.6) is 0 Å². The monoisotopic (exact) mass is 377 g/mol. The lowest BCUT2D eigenvalue weighted by molar-refractivity contribution is -0.927. The third-order valence-electron chi connectivity index (χ3n) is 4.36. The summed E-state index contributed by atoms with van der Waals surface area (Å²) in [6.45, 7) is 3.26. The minimum Gasteiger partial charge on any atom is -0.542 e. The van der Waals surface area contributed by atoms with E-state index in [2.05, 4.69) is 34.2 Å². The van der Waals surface area contributed by atoms with Crippen LogP contribution in [0.1, 0.15) is 18.4 Å². The van der Waals surface area contributed by atoms with E-state index in [1.807, 2.05) is 6.21 Å². The molecule has 3 rings (SSSR count). The van der Waals surface area contributed by atoms with Gasteiger partial charge >= 0.3 is 12.2 Å². The highest BCUT2D eigenvalue weighted by Crippen LogP contribution is 2.29. The zero-order chi connectivity index (χ0) is 18.7. The van der Waals surface area contributed by atoms with Crippen LogP contribution >= 0.6 is 11.3 Å². The lowest BCUT2D eigenvalue weighted by Gasteiger charge is -2.43. The summed E-state index contributed by atoms with van der Waals surface area (Å²) in [5.74, 6) is -3.01. The molecule has 0 bridgehead atoms. The fourth-order valence-corrected chi connectivity index (χ4v) is 3.53. The van der Waals surface area contributed by atoms with Crippen LogP contribution in [-0.2, 0) is 11.3 Å². The SMILES string of the molecule is C[N+]1(Cc2ccsc2)CCC2(C=NC(=O)N2)CC1.O=C([O-])C(F)(F)F. The number of carbonyl (C=O) groups excluding carboxylic acids is 2. The maximum absolute atomic E-state index is 11.2. The zero-order valence-electron chi connectivity index (χ0n) is 13.5. The number of hydrogen-bond donors (Lipinski definition) is 1. The van der Waals surface area contributed by atoms with E-state index >= 15 is 0 Å². The lowest BCUT2D eigenvalue weighted by Crippen LogP contribution is -2.58. The van der Waals surface area contributed by atoms with Crippen molar-refractivity contribution in [1.29, 1.82) is 0 Å². The Morgan fingerprint density at radius 3 is 2.44 bits per heavy atom. The predicted octanol–water partition coefficient (Wildman–Crippen LogP) is 1.32. The number of rotatable bonds is 2. The number of carboxylic acid groups (broad SMARTS) is 1. The number of nitrogens with zero attached hydrogens (tertiary/aromatic N) is 2. The largest absolute Gasteiger partial charge is 0.542 e. The number of halogens is 3. The summed E-state index contributed by atoms with van der Waals surface area (Å²) in [6.07, 6.45) is -1.39. The van der Waals surface area contributed by atoms with Crippen LogP contribution in [0.25, 0.3) is 0 Å². The third kappa shape index (κ3) is 5.27. The Hall–Kier alpha value is -1.94. The van der Waals surface area contributed by atoms with Crippen molar-refractivity contribution >= 4 is 29.6 Å². The van der Waals surface area contributed by atoms with Crippen molar-refractivity contribution in [2.75, 3.05) is 20.1 Å². The minimum atomic E-state index is -5.19. The van der Waals surface area contributed by atoms with Gasteiger partial charge in [-0.15, -0.1) is 0 Å². The molecule has 0 aliphatic carbocycles. The summed E-state index contributed by atoms with van der Waals surface area (Å²) in [5.41, 5.74) is 1.27. The van der Waals surface area contributed by atoms with E-state index in [9.17, 15) is 18.0 Å². The molecule has 25 heavy (non-hydrogen) atoms. The Kier molecular flexibility index (Phi) is 5.52. The highest BCUT2D eigenvalue weighted by atomic mass is 32.1. The maximum atomic E-state index is 11.2. The molecule has 0 radical (unpaired) electrons. The molecule has 138 valence electrons. The van der Waals surface area contributed by atoms with Gasteiger partial charge in [0.25, 0.3) is 0 Å². The number of amides is 2. The Labute approximate surface area is 146 Å². The molecule has 6 nitrogen and oxygen atoms in total. The molecule has 0 aromatic carbocycles. The van der Waals surface area contributed by atoms with Gasteiger partial charge in [-0.05, 0) is 16.8 Å². The van der Waals surface area contributed by atoms with E-state index < -0.39 is 12.1 Å². The number of piperidine rings is 1. The van der Waals surface area contributed by atoms with Gasteiger partial charge < -0.3 is 19.7 Å². The highest BCUT2D eigenvalue weighted by molar-refractivity contribution is 7.07. The van der Waals surface area contributed by atoms with Gasteiger partial charge in [0, 0.05) is 24.6 Å². The molecule has 1 aromatic rings. The number of aliphatic imine (C=N–C) groups is 1. The van der Waals surface area contributed by atoms with Crippen molar-refractivity contribution in [3.63, 3.8) is 0 Å². The molecule has 3 heterocycles. The van der Waals surface area contributed by atoms with Crippen molar-refractivity contribution in [2.45, 2.75) is 31.1 Å². The number of alkyl halides is 3. The van der Waals surface area contributed by atoms with Crippen molar-refractivity contribution in [3.05, 3.63) is 22.4 Å². The van der Waals surface area contributed by atoms with Gasteiger partial charge in [-0.1, -0.05) is 0 Å². The number of hydrogen-bond acceptors (Lipinski definition) is 4. The average Bonchev–Trinajstić information content (AvgIpc) is 3.13. The fourth-order valence-electron chi connectivity index (χ4n) is 2.87. The van der Waals surface area contributed by atoms with Gasteiger partial charge in [0.15, 0.2) is 0 Å². The quantitative estimate of drug-likeness (QED) is 0.790. The van der Waals surface area contributed by atoms with Crippen molar-refractivity contribution in [3.8, 4) is 0 Å². The van der Waals surface area contributed by atoms with Crippen LogP contribution in [0.2, 0.25) is 0 Å². The number of nitrogens with one attached hydrogen (secondary N) is 1. The molecular weight excluding hydrogens is 359 g/mol. The lowest BCUT2D eigenvalue weighted by atomic mass is 9.88. The first kappa shape index (κ1) is 19.4. The number of aliphatic carboxylic acids is 1. The van der Waals surface area contributed by atoms with Gasteiger partial charge in [-0.3, -0.25) is 0 Å². The molecule has 1 aromatic heterocycles. The molecular formula is C15H18F3N3O3S. The Bertz CT molecular complexity index is 651. The topological polar surface area (TPSA) is 81.6 Å². The van der Waals surface area contributed by atoms with Gasteiger partial charge in [0.2, 0.25) is 0 Å². The standard InChI is InChI=1S/C13H17N3OS.C2HF3O2/c1-16(8-11-2-7-18-9-11)5-3-13(4-6-16)10-14-12(17)15-13;3-2(4,5)1(6)7/h2,7,9-10H,3-6,8H2,1H3;(H,6,7). The van der Waals surface area contributed by atoms with Gasteiger partial charge in [0.1, 0.15) is 12.5 Å². The molecule has 1 saturated heterocycles. The summed E-state index contributed by atoms with van der Waals surface area (Å²) >= 11 is 1.76. The summed E-state index contributed by atoms with van der Waals surface area (Å²) in [5, 5.41) is 16.1. The second-order valence-electron chi connectivity index (χ2n) is 6.49. The van der Waals surface area contributed by atoms with E-state index in [0.717, 1.165) is 37.0 Å². The first-order valence-electron chi connectivity index (χ1n) is 7.54. The van der Waals surface area contributed by atoms with Crippen LogP contribution in [0.15, 0.2) is 21.8 Å². The second-order valence-corrected chi connectivity index (χ2v) is 7.27. The van der Waals surface area contributed by atoms with Gasteiger partial charge in [-0.25, -0.2) is 9.79 Å². The maximum Gasteiger partial charge on any atom is 0.430 e. The van der Waals surface area contributed by atoms with E-state index in [1.165, 1.54) is 5.56 Å². The molecule has 1 N–H and O–H groups in total. The third-order valence-corrected chi connectivity index (χ3v) is 5.09. The van der Waals surface area contributed by atoms with Crippen LogP contribution in [0, 0.1) is 0 Å². The predicted molar refractivity (Wildman–Crippen MR) is 84.0 cm³/mol. The van der Waals surface area contributed by atoms with Gasteiger partial charge in [0.05, 0.1) is 25.7 Å². The number of urea groups is 1. The Balaban J connectivity index is 0.000000277. The first-order chi connectivity index (χ1) is 11.5. The van der Waals surface area contributed by atoms with E-state index in [-0.39, 0.29) is 11.6 Å². The van der Waals surface area contributed by atoms with Gasteiger partial charge in [-0.2, -0.15) is 24.5 Å². The van der Waals surface area contributed by atoms with E-state index in [0.29, 0.717) is 0 Å². The van der Waals surface area contributed by atoms with E-state index in [1.54, 1.807) is 11.3 Å². The number of thiophene rings is 1. The summed E-state index contributed by atoms with van der Waals surface area (Å²) in [7, 11) is 2.30. The average molecular weight is 377 g/mol. The molecule has 0 atom stereocenters. The Morgan fingerprint density at radius 1 is 1.44 bits per heavy atom. The molecule has 2 aliphatic heterocycles. The molecule has 10 heteroatoms. The van der Waals surface area contributed by atoms with Crippen molar-refractivity contribution < 1.29 is 32.3 Å². The zero-order valence-corrected chi connectivity index (χ0v) is 14.3. The molecule has 1 fully saturated rings. The molecule has 1 spiro atoms. The number of quaternary nitrogens is 1. The number of carboxylic acids is 1. The minimum absolute atomic E-state index is 0.149. The Morgan fingerprint density at radius 2 is 2.04 bits per heavy atom. The van der Waals surface area contributed by atoms with Crippen LogP contribution in [-0.4, -0.2) is 54.6 Å². The van der Waals surface area contributed by atoms with Crippen molar-refractivity contribution in [1.82, 2.24) is 5.32 Å². The second kappa shape index (κ2) is 7.12. The molecule has 0 unspecified atom stereocenters. The smallest absolute Gasteiger partial charge is 0.430 e. The number of likely N-dealkylation sites (tertiary alicyclic amines) is 1. The van der Waals surface area contributed by atoms with Crippen molar-refractivity contribution in [2.24, 2.45) is 4.99 Å². The van der Waals surface area contributed by atoms with E-state index in [4.69, 9.17) is 9.90 Å². The molecule has 2 amide bonds. The first-order valence-corrected chi connectivity index (χ1v) is 8.48.